The summed E-state index contributed by atoms with van der Waals surface area (Å²) in [4.78, 5) is 0. The highest BCUT2D eigenvalue weighted by Crippen LogP contribution is 2.42. The molecule has 0 aliphatic carbocycles. The number of hydrogen-bond donors (Lipinski definition) is 2. The maximum absolute atomic E-state index is 9.69. The molecular weight excluding hydrogens is 274 g/mol. The zero-order valence-electron chi connectivity index (χ0n) is 12.2. The maximum atomic E-state index is 9.69. The number of hydrogen-bond acceptors (Lipinski definition) is 4. The molecule has 1 aliphatic rings. The molecule has 5 nitrogen and oxygen atoms in total. The largest absolute Gasteiger partial charge is 0.341 e. The lowest BCUT2D eigenvalue weighted by atomic mass is 9.81. The number of anilines is 1. The van der Waals surface area contributed by atoms with Gasteiger partial charge in [-0.3, -0.25) is 5.10 Å². The molecule has 1 aromatic carbocycles. The van der Waals surface area contributed by atoms with Gasteiger partial charge in [0.2, 0.25) is 0 Å². The number of nitriles is 2. The van der Waals surface area contributed by atoms with E-state index in [0.29, 0.717) is 11.1 Å². The first-order chi connectivity index (χ1) is 10.8. The SMILES string of the molecule is CCCC1=C(C#N)C(c2ccccc2C#N)c2c[nH]nc2N1. The van der Waals surface area contributed by atoms with Gasteiger partial charge in [0.1, 0.15) is 0 Å². The molecule has 3 rings (SSSR count). The smallest absolute Gasteiger partial charge is 0.156 e. The molecule has 22 heavy (non-hydrogen) atoms. The molecule has 0 saturated carbocycles. The van der Waals surface area contributed by atoms with Gasteiger partial charge in [0.25, 0.3) is 0 Å². The van der Waals surface area contributed by atoms with Crippen LogP contribution in [0, 0.1) is 22.7 Å². The summed E-state index contributed by atoms with van der Waals surface area (Å²) in [6.07, 6.45) is 3.50. The van der Waals surface area contributed by atoms with Gasteiger partial charge >= 0.3 is 0 Å². The number of fused-ring (bicyclic) bond motifs is 1. The predicted molar refractivity (Wildman–Crippen MR) is 82.8 cm³/mol. The van der Waals surface area contributed by atoms with Gasteiger partial charge in [0, 0.05) is 17.5 Å². The predicted octanol–water partition coefficient (Wildman–Crippen LogP) is 3.42. The molecule has 1 aromatic heterocycles. The van der Waals surface area contributed by atoms with Crippen molar-refractivity contribution < 1.29 is 0 Å². The van der Waals surface area contributed by atoms with E-state index in [1.54, 1.807) is 12.3 Å². The van der Waals surface area contributed by atoms with Crippen LogP contribution in [0.5, 0.6) is 0 Å². The molecule has 0 spiro atoms. The standard InChI is InChI=1S/C17H15N5/c1-2-5-15-13(9-19)16(14-10-20-22-17(14)21-15)12-7-4-3-6-11(12)8-18/h3-4,6-7,10,16H,2,5H2,1H3,(H2,20,21,22). The second kappa shape index (κ2) is 5.75. The van der Waals surface area contributed by atoms with Crippen LogP contribution >= 0.6 is 0 Å². The Morgan fingerprint density at radius 3 is 2.73 bits per heavy atom. The topological polar surface area (TPSA) is 88.3 Å². The summed E-state index contributed by atoms with van der Waals surface area (Å²) >= 11 is 0. The molecule has 0 fully saturated rings. The van der Waals surface area contributed by atoms with E-state index in [2.05, 4.69) is 34.6 Å². The number of nitrogens with one attached hydrogen (secondary N) is 2. The number of allylic oxidation sites excluding steroid dienone is 2. The van der Waals surface area contributed by atoms with E-state index in [4.69, 9.17) is 0 Å². The summed E-state index contributed by atoms with van der Waals surface area (Å²) in [7, 11) is 0. The van der Waals surface area contributed by atoms with Gasteiger partial charge in [-0.1, -0.05) is 31.5 Å². The number of aromatic amines is 1. The van der Waals surface area contributed by atoms with E-state index in [1.807, 2.05) is 18.2 Å². The van der Waals surface area contributed by atoms with Crippen LogP contribution in [-0.2, 0) is 0 Å². The zero-order valence-corrected chi connectivity index (χ0v) is 12.2. The van der Waals surface area contributed by atoms with Crippen LogP contribution in [0.4, 0.5) is 5.82 Å². The lowest BCUT2D eigenvalue weighted by Crippen LogP contribution is -2.18. The van der Waals surface area contributed by atoms with Crippen LogP contribution in [0.2, 0.25) is 0 Å². The Labute approximate surface area is 128 Å². The summed E-state index contributed by atoms with van der Waals surface area (Å²) in [5.41, 5.74) is 3.89. The molecule has 5 heteroatoms. The van der Waals surface area contributed by atoms with Crippen molar-refractivity contribution in [1.29, 1.82) is 10.5 Å². The highest BCUT2D eigenvalue weighted by Gasteiger charge is 2.32. The Morgan fingerprint density at radius 1 is 1.18 bits per heavy atom. The van der Waals surface area contributed by atoms with Crippen molar-refractivity contribution in [2.24, 2.45) is 0 Å². The van der Waals surface area contributed by atoms with Crippen molar-refractivity contribution in [3.05, 3.63) is 58.4 Å². The summed E-state index contributed by atoms with van der Waals surface area (Å²) in [6.45, 7) is 2.07. The fraction of sp³-hybridized carbons (Fsp3) is 0.235. The second-order valence-corrected chi connectivity index (χ2v) is 5.20. The van der Waals surface area contributed by atoms with Gasteiger partial charge < -0.3 is 5.32 Å². The summed E-state index contributed by atoms with van der Waals surface area (Å²) < 4.78 is 0. The number of aromatic nitrogens is 2. The zero-order chi connectivity index (χ0) is 15.5. The average molecular weight is 289 g/mol. The van der Waals surface area contributed by atoms with Gasteiger partial charge in [-0.2, -0.15) is 15.6 Å². The molecule has 0 bridgehead atoms. The van der Waals surface area contributed by atoms with Crippen molar-refractivity contribution in [3.8, 4) is 12.1 Å². The van der Waals surface area contributed by atoms with E-state index in [9.17, 15) is 10.5 Å². The first-order valence-electron chi connectivity index (χ1n) is 7.23. The normalized spacial score (nSPS) is 16.4. The molecule has 0 amide bonds. The van der Waals surface area contributed by atoms with Crippen LogP contribution < -0.4 is 5.32 Å². The van der Waals surface area contributed by atoms with Gasteiger partial charge in [0.05, 0.1) is 29.2 Å². The number of H-pyrrole nitrogens is 1. The molecule has 108 valence electrons. The van der Waals surface area contributed by atoms with E-state index in [1.165, 1.54) is 0 Å². The second-order valence-electron chi connectivity index (χ2n) is 5.20. The molecule has 1 aliphatic heterocycles. The van der Waals surface area contributed by atoms with Crippen molar-refractivity contribution in [2.75, 3.05) is 5.32 Å². The maximum Gasteiger partial charge on any atom is 0.156 e. The molecular formula is C17H15N5. The molecule has 2 heterocycles. The van der Waals surface area contributed by atoms with Crippen molar-refractivity contribution in [3.63, 3.8) is 0 Å². The highest BCUT2D eigenvalue weighted by molar-refractivity contribution is 5.65. The first-order valence-corrected chi connectivity index (χ1v) is 7.23. The van der Waals surface area contributed by atoms with E-state index in [-0.39, 0.29) is 5.92 Å². The average Bonchev–Trinajstić information content (AvgIpc) is 3.01. The monoisotopic (exact) mass is 289 g/mol. The van der Waals surface area contributed by atoms with Crippen molar-refractivity contribution in [2.45, 2.75) is 25.7 Å². The molecule has 1 atom stereocenters. The molecule has 2 N–H and O–H groups in total. The van der Waals surface area contributed by atoms with Crippen molar-refractivity contribution in [1.82, 2.24) is 10.2 Å². The van der Waals surface area contributed by atoms with Crippen LogP contribution in [-0.4, -0.2) is 10.2 Å². The third-order valence-electron chi connectivity index (χ3n) is 3.88. The molecule has 0 saturated heterocycles. The van der Waals surface area contributed by atoms with Crippen LogP contribution in [0.25, 0.3) is 0 Å². The van der Waals surface area contributed by atoms with Crippen LogP contribution in [0.15, 0.2) is 41.7 Å². The summed E-state index contributed by atoms with van der Waals surface area (Å²) in [5, 5.41) is 29.4. The minimum absolute atomic E-state index is 0.252. The Morgan fingerprint density at radius 2 is 2.00 bits per heavy atom. The van der Waals surface area contributed by atoms with E-state index < -0.39 is 0 Å². The van der Waals surface area contributed by atoms with E-state index in [0.717, 1.165) is 35.5 Å². The third kappa shape index (κ3) is 2.13. The Hall–Kier alpha value is -3.05. The number of benzene rings is 1. The Bertz CT molecular complexity index is 816. The Kier molecular flexibility index (Phi) is 3.64. The van der Waals surface area contributed by atoms with Crippen LogP contribution in [0.3, 0.4) is 0 Å². The van der Waals surface area contributed by atoms with Gasteiger partial charge in [-0.05, 0) is 18.1 Å². The fourth-order valence-corrected chi connectivity index (χ4v) is 2.91. The highest BCUT2D eigenvalue weighted by atomic mass is 15.2. The van der Waals surface area contributed by atoms with Gasteiger partial charge in [0.15, 0.2) is 5.82 Å². The molecule has 1 unspecified atom stereocenters. The first kappa shape index (κ1) is 13.9. The quantitative estimate of drug-likeness (QED) is 0.906. The van der Waals surface area contributed by atoms with Crippen molar-refractivity contribution >= 4 is 5.82 Å². The lowest BCUT2D eigenvalue weighted by molar-refractivity contribution is 0.847. The minimum Gasteiger partial charge on any atom is -0.341 e. The van der Waals surface area contributed by atoms with E-state index >= 15 is 0 Å². The number of nitrogens with zero attached hydrogens (tertiary/aromatic N) is 3. The van der Waals surface area contributed by atoms with Crippen LogP contribution in [0.1, 0.15) is 42.4 Å². The van der Waals surface area contributed by atoms with Gasteiger partial charge in [-0.15, -0.1) is 0 Å². The lowest BCUT2D eigenvalue weighted by Gasteiger charge is -2.26. The van der Waals surface area contributed by atoms with Gasteiger partial charge in [-0.25, -0.2) is 0 Å². The summed E-state index contributed by atoms with van der Waals surface area (Å²) in [5.74, 6) is 0.484. The third-order valence-corrected chi connectivity index (χ3v) is 3.88. The molecule has 0 radical (unpaired) electrons. The fourth-order valence-electron chi connectivity index (χ4n) is 2.91. The Balaban J connectivity index is 2.23. The number of rotatable bonds is 3. The summed E-state index contributed by atoms with van der Waals surface area (Å²) in [6, 6.07) is 12.0. The molecule has 2 aromatic rings. The minimum atomic E-state index is -0.252.